The standard InChI is InChI=1S/C17H23N3O4/c1-24-16(22)9-8-15(21)19-10-5-11-20(13-12-19)17(23)18-14-6-3-2-4-7-14/h2-4,6-7H,5,8-13H2,1H3,(H,18,23). The van der Waals surface area contributed by atoms with Crippen LogP contribution in [0, 0.1) is 0 Å². The van der Waals surface area contributed by atoms with E-state index in [0.717, 1.165) is 5.69 Å². The molecule has 0 spiro atoms. The first-order chi connectivity index (χ1) is 11.6. The van der Waals surface area contributed by atoms with Crippen molar-refractivity contribution in [1.82, 2.24) is 9.80 Å². The van der Waals surface area contributed by atoms with Crippen molar-refractivity contribution in [2.75, 3.05) is 38.6 Å². The summed E-state index contributed by atoms with van der Waals surface area (Å²) in [5.41, 5.74) is 0.748. The molecule has 1 aromatic carbocycles. The molecule has 1 N–H and O–H groups in total. The molecule has 3 amide bonds. The van der Waals surface area contributed by atoms with Gasteiger partial charge in [0.1, 0.15) is 0 Å². The van der Waals surface area contributed by atoms with Crippen LogP contribution in [0.2, 0.25) is 0 Å². The Bertz CT molecular complexity index is 576. The van der Waals surface area contributed by atoms with Crippen molar-refractivity contribution in [1.29, 1.82) is 0 Å². The first kappa shape index (κ1) is 17.8. The molecular weight excluding hydrogens is 310 g/mol. The van der Waals surface area contributed by atoms with Gasteiger partial charge in [-0.3, -0.25) is 9.59 Å². The summed E-state index contributed by atoms with van der Waals surface area (Å²) < 4.78 is 4.55. The number of anilines is 1. The van der Waals surface area contributed by atoms with Gasteiger partial charge in [-0.25, -0.2) is 4.79 Å². The van der Waals surface area contributed by atoms with Crippen molar-refractivity contribution in [2.24, 2.45) is 0 Å². The third kappa shape index (κ3) is 5.26. The number of carbonyl (C=O) groups excluding carboxylic acids is 3. The molecule has 1 fully saturated rings. The number of hydrogen-bond donors (Lipinski definition) is 1. The summed E-state index contributed by atoms with van der Waals surface area (Å²) in [6, 6.07) is 9.11. The third-order valence-electron chi connectivity index (χ3n) is 3.93. The van der Waals surface area contributed by atoms with Crippen molar-refractivity contribution in [3.05, 3.63) is 30.3 Å². The second-order valence-corrected chi connectivity index (χ2v) is 5.59. The van der Waals surface area contributed by atoms with E-state index < -0.39 is 0 Å². The second kappa shape index (κ2) is 8.90. The molecule has 130 valence electrons. The van der Waals surface area contributed by atoms with E-state index in [-0.39, 0.29) is 30.7 Å². The zero-order valence-corrected chi connectivity index (χ0v) is 13.9. The number of ether oxygens (including phenoxy) is 1. The summed E-state index contributed by atoms with van der Waals surface area (Å²) in [6.07, 6.45) is 0.944. The lowest BCUT2D eigenvalue weighted by Crippen LogP contribution is -2.39. The summed E-state index contributed by atoms with van der Waals surface area (Å²) in [4.78, 5) is 39.0. The van der Waals surface area contributed by atoms with E-state index in [4.69, 9.17) is 0 Å². The molecule has 24 heavy (non-hydrogen) atoms. The van der Waals surface area contributed by atoms with Gasteiger partial charge in [0.05, 0.1) is 13.5 Å². The number of carbonyl (C=O) groups is 3. The van der Waals surface area contributed by atoms with Gasteiger partial charge in [0.15, 0.2) is 0 Å². The minimum absolute atomic E-state index is 0.0780. The number of rotatable bonds is 4. The Morgan fingerprint density at radius 1 is 1.00 bits per heavy atom. The monoisotopic (exact) mass is 333 g/mol. The Labute approximate surface area is 141 Å². The van der Waals surface area contributed by atoms with Crippen molar-refractivity contribution in [3.8, 4) is 0 Å². The predicted octanol–water partition coefficient (Wildman–Crippen LogP) is 1.71. The molecule has 1 heterocycles. The minimum atomic E-state index is -0.387. The molecule has 0 unspecified atom stereocenters. The smallest absolute Gasteiger partial charge is 0.321 e. The lowest BCUT2D eigenvalue weighted by Gasteiger charge is -2.22. The highest BCUT2D eigenvalue weighted by molar-refractivity contribution is 5.89. The Kier molecular flexibility index (Phi) is 6.60. The molecule has 7 nitrogen and oxygen atoms in total. The van der Waals surface area contributed by atoms with E-state index in [2.05, 4.69) is 10.1 Å². The average molecular weight is 333 g/mol. The molecular formula is C17H23N3O4. The SMILES string of the molecule is COC(=O)CCC(=O)N1CCCN(C(=O)Nc2ccccc2)CC1. The molecule has 0 aliphatic carbocycles. The summed E-state index contributed by atoms with van der Waals surface area (Å²) in [7, 11) is 1.31. The van der Waals surface area contributed by atoms with Crippen molar-refractivity contribution in [3.63, 3.8) is 0 Å². The lowest BCUT2D eigenvalue weighted by molar-refractivity contribution is -0.143. The van der Waals surface area contributed by atoms with E-state index in [9.17, 15) is 14.4 Å². The normalized spacial score (nSPS) is 14.7. The molecule has 1 aliphatic rings. The molecule has 0 bridgehead atoms. The van der Waals surface area contributed by atoms with Gasteiger partial charge < -0.3 is 19.9 Å². The fourth-order valence-electron chi connectivity index (χ4n) is 2.56. The first-order valence-corrected chi connectivity index (χ1v) is 8.05. The molecule has 7 heteroatoms. The molecule has 0 atom stereocenters. The first-order valence-electron chi connectivity index (χ1n) is 8.05. The molecule has 1 aliphatic heterocycles. The maximum Gasteiger partial charge on any atom is 0.321 e. The van der Waals surface area contributed by atoms with Gasteiger partial charge in [-0.15, -0.1) is 0 Å². The maximum atomic E-state index is 12.3. The second-order valence-electron chi connectivity index (χ2n) is 5.59. The number of esters is 1. The number of hydrogen-bond acceptors (Lipinski definition) is 4. The van der Waals surface area contributed by atoms with Gasteiger partial charge in [0, 0.05) is 38.3 Å². The average Bonchev–Trinajstić information content (AvgIpc) is 2.86. The van der Waals surface area contributed by atoms with E-state index in [1.54, 1.807) is 9.80 Å². The predicted molar refractivity (Wildman–Crippen MR) is 89.5 cm³/mol. The van der Waals surface area contributed by atoms with Crippen LogP contribution in [0.5, 0.6) is 0 Å². The number of para-hydroxylation sites is 1. The van der Waals surface area contributed by atoms with Crippen LogP contribution in [0.4, 0.5) is 10.5 Å². The van der Waals surface area contributed by atoms with E-state index in [1.165, 1.54) is 7.11 Å². The number of amides is 3. The number of nitrogens with one attached hydrogen (secondary N) is 1. The highest BCUT2D eigenvalue weighted by Gasteiger charge is 2.22. The molecule has 0 aromatic heterocycles. The van der Waals surface area contributed by atoms with Crippen LogP contribution in [-0.4, -0.2) is 61.0 Å². The van der Waals surface area contributed by atoms with Crippen LogP contribution in [-0.2, 0) is 14.3 Å². The van der Waals surface area contributed by atoms with Gasteiger partial charge in [-0.1, -0.05) is 18.2 Å². The van der Waals surface area contributed by atoms with Crippen molar-refractivity contribution < 1.29 is 19.1 Å². The number of benzene rings is 1. The van der Waals surface area contributed by atoms with Gasteiger partial charge in [-0.05, 0) is 18.6 Å². The zero-order chi connectivity index (χ0) is 17.4. The van der Waals surface area contributed by atoms with E-state index >= 15 is 0 Å². The highest BCUT2D eigenvalue weighted by atomic mass is 16.5. The van der Waals surface area contributed by atoms with Gasteiger partial charge in [0.25, 0.3) is 0 Å². The molecule has 0 saturated carbocycles. The Morgan fingerprint density at radius 2 is 1.67 bits per heavy atom. The molecule has 1 saturated heterocycles. The van der Waals surface area contributed by atoms with Crippen LogP contribution >= 0.6 is 0 Å². The Morgan fingerprint density at radius 3 is 2.38 bits per heavy atom. The topological polar surface area (TPSA) is 79.0 Å². The van der Waals surface area contributed by atoms with Crippen LogP contribution in [0.1, 0.15) is 19.3 Å². The van der Waals surface area contributed by atoms with E-state index in [1.807, 2.05) is 30.3 Å². The minimum Gasteiger partial charge on any atom is -0.469 e. The summed E-state index contributed by atoms with van der Waals surface area (Å²) in [6.45, 7) is 2.14. The number of nitrogens with zero attached hydrogens (tertiary/aromatic N) is 2. The molecule has 0 radical (unpaired) electrons. The van der Waals surface area contributed by atoms with Crippen molar-refractivity contribution >= 4 is 23.6 Å². The fourth-order valence-corrected chi connectivity index (χ4v) is 2.56. The number of methoxy groups -OCH3 is 1. The van der Waals surface area contributed by atoms with Crippen LogP contribution in [0.3, 0.4) is 0 Å². The van der Waals surface area contributed by atoms with Gasteiger partial charge in [0.2, 0.25) is 5.91 Å². The van der Waals surface area contributed by atoms with E-state index in [0.29, 0.717) is 32.6 Å². The van der Waals surface area contributed by atoms with Gasteiger partial charge in [-0.2, -0.15) is 0 Å². The highest BCUT2D eigenvalue weighted by Crippen LogP contribution is 2.10. The third-order valence-corrected chi connectivity index (χ3v) is 3.93. The quantitative estimate of drug-likeness (QED) is 0.851. The summed E-state index contributed by atoms with van der Waals surface area (Å²) in [5, 5.41) is 2.85. The van der Waals surface area contributed by atoms with Crippen LogP contribution < -0.4 is 5.32 Å². The lowest BCUT2D eigenvalue weighted by atomic mass is 10.2. The Balaban J connectivity index is 1.82. The zero-order valence-electron chi connectivity index (χ0n) is 13.9. The van der Waals surface area contributed by atoms with Gasteiger partial charge >= 0.3 is 12.0 Å². The molecule has 2 rings (SSSR count). The summed E-state index contributed by atoms with van der Waals surface area (Å²) >= 11 is 0. The number of urea groups is 1. The molecule has 1 aromatic rings. The van der Waals surface area contributed by atoms with Crippen molar-refractivity contribution in [2.45, 2.75) is 19.3 Å². The fraction of sp³-hybridized carbons (Fsp3) is 0.471. The van der Waals surface area contributed by atoms with Crippen LogP contribution in [0.25, 0.3) is 0 Å². The Hall–Kier alpha value is -2.57. The maximum absolute atomic E-state index is 12.3. The summed E-state index contributed by atoms with van der Waals surface area (Å²) in [5.74, 6) is -0.465. The van der Waals surface area contributed by atoms with Crippen LogP contribution in [0.15, 0.2) is 30.3 Å². The largest absolute Gasteiger partial charge is 0.469 e.